The number of nitriles is 1. The molecule has 0 aliphatic carbocycles. The summed E-state index contributed by atoms with van der Waals surface area (Å²) >= 11 is 0. The molecule has 1 amide bonds. The van der Waals surface area contributed by atoms with E-state index in [2.05, 4.69) is 48.3 Å². The van der Waals surface area contributed by atoms with E-state index in [4.69, 9.17) is 19.8 Å². The van der Waals surface area contributed by atoms with Crippen molar-refractivity contribution in [3.8, 4) is 12.1 Å². The number of piperazine rings is 1. The Kier molecular flexibility index (Phi) is 7.09. The third-order valence-corrected chi connectivity index (χ3v) is 8.08. The average molecular weight is 541 g/mol. The van der Waals surface area contributed by atoms with Crippen LogP contribution < -0.4 is 9.64 Å². The second-order valence-electron chi connectivity index (χ2n) is 10.5. The lowest BCUT2D eigenvalue weighted by atomic mass is 10.0. The van der Waals surface area contributed by atoms with Crippen LogP contribution in [-0.2, 0) is 6.42 Å². The highest BCUT2D eigenvalue weighted by molar-refractivity contribution is 5.86. The third-order valence-electron chi connectivity index (χ3n) is 8.08. The smallest absolute Gasteiger partial charge is 0.407 e. The number of amides is 1. The molecule has 40 heavy (non-hydrogen) atoms. The van der Waals surface area contributed by atoms with Gasteiger partial charge in [-0.05, 0) is 42.8 Å². The van der Waals surface area contributed by atoms with Crippen LogP contribution >= 0.6 is 0 Å². The molecule has 2 aliphatic heterocycles. The zero-order valence-electron chi connectivity index (χ0n) is 22.5. The van der Waals surface area contributed by atoms with Gasteiger partial charge < -0.3 is 24.5 Å². The Morgan fingerprint density at radius 1 is 1.15 bits per heavy atom. The van der Waals surface area contributed by atoms with Crippen molar-refractivity contribution in [3.05, 3.63) is 59.9 Å². The lowest BCUT2D eigenvalue weighted by Crippen LogP contribution is -2.55. The number of likely N-dealkylation sites (tertiary alicyclic amines) is 1. The minimum atomic E-state index is -1.02. The molecule has 2 saturated heterocycles. The molecule has 1 N–H and O–H groups in total. The van der Waals surface area contributed by atoms with E-state index in [1.807, 2.05) is 23.2 Å². The average Bonchev–Trinajstić information content (AvgIpc) is 3.57. The van der Waals surface area contributed by atoms with Gasteiger partial charge in [-0.3, -0.25) is 0 Å². The number of benzene rings is 2. The molecule has 0 spiro atoms. The van der Waals surface area contributed by atoms with E-state index in [9.17, 15) is 15.2 Å². The summed E-state index contributed by atoms with van der Waals surface area (Å²) in [4.78, 5) is 26.9. The van der Waals surface area contributed by atoms with Gasteiger partial charge in [0.05, 0.1) is 30.4 Å². The van der Waals surface area contributed by atoms with Crippen LogP contribution in [0.2, 0.25) is 0 Å². The topological polar surface area (TPSA) is 123 Å². The number of fused-ring (bicyclic) bond motifs is 2. The molecule has 4 heterocycles. The van der Waals surface area contributed by atoms with Crippen molar-refractivity contribution in [2.45, 2.75) is 37.8 Å². The molecule has 2 aromatic heterocycles. The molecule has 4 aromatic rings. The summed E-state index contributed by atoms with van der Waals surface area (Å²) in [7, 11) is 2.10. The largest absolute Gasteiger partial charge is 0.465 e. The number of ether oxygens (including phenoxy) is 1. The maximum absolute atomic E-state index is 11.8. The Labute approximate surface area is 232 Å². The number of rotatable bonds is 7. The number of nitrogens with zero attached hydrogens (tertiary/aromatic N) is 8. The van der Waals surface area contributed by atoms with Crippen LogP contribution in [0.3, 0.4) is 0 Å². The summed E-state index contributed by atoms with van der Waals surface area (Å²) in [6.07, 6.45) is 3.73. The normalized spacial score (nSPS) is 19.8. The minimum absolute atomic E-state index is 0.0995. The van der Waals surface area contributed by atoms with Gasteiger partial charge in [0.25, 0.3) is 0 Å². The molecule has 2 fully saturated rings. The summed E-state index contributed by atoms with van der Waals surface area (Å²) in [5.74, 6) is 0.585. The first-order valence-corrected chi connectivity index (χ1v) is 13.7. The molecule has 2 atom stereocenters. The summed E-state index contributed by atoms with van der Waals surface area (Å²) in [5.41, 5.74) is 2.65. The lowest BCUT2D eigenvalue weighted by molar-refractivity contribution is 0.119. The lowest BCUT2D eigenvalue weighted by Gasteiger charge is -2.39. The molecule has 2 aromatic carbocycles. The molecule has 0 saturated carbocycles. The molecule has 6 rings (SSSR count). The molecular weight excluding hydrogens is 508 g/mol. The third kappa shape index (κ3) is 4.98. The van der Waals surface area contributed by atoms with Gasteiger partial charge in [-0.25, -0.2) is 14.3 Å². The second-order valence-corrected chi connectivity index (χ2v) is 10.5. The van der Waals surface area contributed by atoms with Crippen LogP contribution in [0.25, 0.3) is 16.4 Å². The van der Waals surface area contributed by atoms with E-state index < -0.39 is 12.1 Å². The summed E-state index contributed by atoms with van der Waals surface area (Å²) in [5, 5.41) is 26.1. The molecular formula is C29H32N8O3. The quantitative estimate of drug-likeness (QED) is 0.376. The fraction of sp³-hybridized carbons (Fsp3) is 0.414. The van der Waals surface area contributed by atoms with E-state index in [1.165, 1.54) is 21.2 Å². The van der Waals surface area contributed by atoms with Gasteiger partial charge in [0.1, 0.15) is 6.61 Å². The SMILES string of the molecule is CN1CCCC1COc1nc(N2CCN(C(=O)O)C(CC#N)C2)c2ncc(Cc3cccc4ccccc34)n2n1. The van der Waals surface area contributed by atoms with Gasteiger partial charge in [0, 0.05) is 32.1 Å². The Balaban J connectivity index is 1.37. The highest BCUT2D eigenvalue weighted by Crippen LogP contribution is 2.28. The number of anilines is 1. The monoisotopic (exact) mass is 540 g/mol. The predicted octanol–water partition coefficient (Wildman–Crippen LogP) is 3.42. The second kappa shape index (κ2) is 11.0. The number of carboxylic acid groups (broad SMARTS) is 1. The number of likely N-dealkylation sites (N-methyl/N-ethyl adjacent to an activating group) is 1. The van der Waals surface area contributed by atoms with Crippen molar-refractivity contribution in [1.82, 2.24) is 29.4 Å². The van der Waals surface area contributed by atoms with Crippen LogP contribution in [0.15, 0.2) is 48.7 Å². The molecule has 2 unspecified atom stereocenters. The van der Waals surface area contributed by atoms with Crippen molar-refractivity contribution in [2.75, 3.05) is 44.7 Å². The van der Waals surface area contributed by atoms with Crippen LogP contribution in [-0.4, -0.2) is 92.5 Å². The van der Waals surface area contributed by atoms with E-state index >= 15 is 0 Å². The van der Waals surface area contributed by atoms with Crippen molar-refractivity contribution >= 4 is 28.3 Å². The van der Waals surface area contributed by atoms with E-state index in [1.54, 1.807) is 4.52 Å². The number of aromatic nitrogens is 4. The first-order chi connectivity index (χ1) is 19.5. The van der Waals surface area contributed by atoms with E-state index in [0.717, 1.165) is 25.1 Å². The first-order valence-electron chi connectivity index (χ1n) is 13.7. The highest BCUT2D eigenvalue weighted by Gasteiger charge is 2.33. The molecule has 11 heteroatoms. The maximum atomic E-state index is 11.8. The van der Waals surface area contributed by atoms with Gasteiger partial charge in [0.15, 0.2) is 11.5 Å². The van der Waals surface area contributed by atoms with Crippen LogP contribution in [0.4, 0.5) is 10.6 Å². The standard InChI is InChI=1S/C29H32N8O3/c1-34-13-5-9-23(34)19-40-28-32-27(35-14-15-36(29(38)39)22(18-35)11-12-30)26-31-17-24(37(26)33-28)16-21-8-4-7-20-6-2-3-10-25(20)21/h2-4,6-8,10,17,22-23H,5,9,11,13-16,18-19H2,1H3,(H,38,39). The number of hydrogen-bond acceptors (Lipinski definition) is 8. The van der Waals surface area contributed by atoms with Crippen LogP contribution in [0, 0.1) is 11.3 Å². The predicted molar refractivity (Wildman–Crippen MR) is 150 cm³/mol. The molecule has 2 aliphatic rings. The van der Waals surface area contributed by atoms with Crippen molar-refractivity contribution in [3.63, 3.8) is 0 Å². The van der Waals surface area contributed by atoms with Crippen molar-refractivity contribution in [1.29, 1.82) is 5.26 Å². The van der Waals surface area contributed by atoms with Gasteiger partial charge in [-0.15, -0.1) is 5.10 Å². The molecule has 0 bridgehead atoms. The Bertz CT molecular complexity index is 1580. The Hall–Kier alpha value is -4.43. The van der Waals surface area contributed by atoms with Crippen molar-refractivity contribution in [2.24, 2.45) is 0 Å². The van der Waals surface area contributed by atoms with Gasteiger partial charge >= 0.3 is 12.1 Å². The Morgan fingerprint density at radius 3 is 2.80 bits per heavy atom. The van der Waals surface area contributed by atoms with E-state index in [0.29, 0.717) is 43.6 Å². The summed E-state index contributed by atoms with van der Waals surface area (Å²) in [6, 6.07) is 16.8. The maximum Gasteiger partial charge on any atom is 0.407 e. The van der Waals surface area contributed by atoms with E-state index in [-0.39, 0.29) is 19.0 Å². The highest BCUT2D eigenvalue weighted by atomic mass is 16.5. The summed E-state index contributed by atoms with van der Waals surface area (Å²) in [6.45, 7) is 2.56. The zero-order chi connectivity index (χ0) is 27.6. The van der Waals surface area contributed by atoms with Crippen LogP contribution in [0.5, 0.6) is 6.01 Å². The fourth-order valence-electron chi connectivity index (χ4n) is 5.87. The summed E-state index contributed by atoms with van der Waals surface area (Å²) < 4.78 is 7.99. The first kappa shape index (κ1) is 25.8. The number of carbonyl (C=O) groups is 1. The zero-order valence-corrected chi connectivity index (χ0v) is 22.5. The molecule has 206 valence electrons. The molecule has 0 radical (unpaired) electrons. The minimum Gasteiger partial charge on any atom is -0.465 e. The van der Waals surface area contributed by atoms with Gasteiger partial charge in [0.2, 0.25) is 0 Å². The number of hydrogen-bond donors (Lipinski definition) is 1. The van der Waals surface area contributed by atoms with Gasteiger partial charge in [-0.1, -0.05) is 42.5 Å². The fourth-order valence-corrected chi connectivity index (χ4v) is 5.87. The Morgan fingerprint density at radius 2 is 2.00 bits per heavy atom. The van der Waals surface area contributed by atoms with Crippen LogP contribution in [0.1, 0.15) is 30.5 Å². The number of imidazole rings is 1. The molecule has 11 nitrogen and oxygen atoms in total. The van der Waals surface area contributed by atoms with Gasteiger partial charge in [-0.2, -0.15) is 10.2 Å². The van der Waals surface area contributed by atoms with Crippen molar-refractivity contribution < 1.29 is 14.6 Å².